The van der Waals surface area contributed by atoms with E-state index in [1.165, 1.54) is 0 Å². The molecule has 0 saturated carbocycles. The molecule has 0 aromatic rings. The number of likely N-dealkylation sites (tertiary alicyclic amines) is 2. The second-order valence-corrected chi connectivity index (χ2v) is 6.11. The molecule has 0 atom stereocenters. The van der Waals surface area contributed by atoms with Crippen molar-refractivity contribution in [2.45, 2.75) is 25.7 Å². The van der Waals surface area contributed by atoms with Crippen LogP contribution in [0.4, 0.5) is 0 Å². The summed E-state index contributed by atoms with van der Waals surface area (Å²) in [5.74, 6) is 0.398. The molecule has 0 aromatic heterocycles. The molecule has 22 heavy (non-hydrogen) atoms. The van der Waals surface area contributed by atoms with Crippen LogP contribution in [0.3, 0.4) is 0 Å². The highest BCUT2D eigenvalue weighted by atomic mass is 35.5. The van der Waals surface area contributed by atoms with Gasteiger partial charge in [-0.1, -0.05) is 0 Å². The lowest BCUT2D eigenvalue weighted by molar-refractivity contribution is -0.131. The van der Waals surface area contributed by atoms with Gasteiger partial charge in [-0.3, -0.25) is 9.59 Å². The summed E-state index contributed by atoms with van der Waals surface area (Å²) in [7, 11) is 0. The van der Waals surface area contributed by atoms with E-state index in [4.69, 9.17) is 0 Å². The second-order valence-electron chi connectivity index (χ2n) is 6.11. The minimum atomic E-state index is 0. The van der Waals surface area contributed by atoms with Crippen molar-refractivity contribution in [2.24, 2.45) is 0 Å². The molecule has 0 bridgehead atoms. The average Bonchev–Trinajstić information content (AvgIpc) is 3.22. The molecule has 0 radical (unpaired) electrons. The van der Waals surface area contributed by atoms with Crippen molar-refractivity contribution in [2.75, 3.05) is 45.9 Å². The van der Waals surface area contributed by atoms with Crippen molar-refractivity contribution in [3.8, 4) is 0 Å². The van der Waals surface area contributed by atoms with E-state index in [9.17, 15) is 9.59 Å². The molecule has 0 spiro atoms. The predicted molar refractivity (Wildman–Crippen MR) is 86.3 cm³/mol. The molecule has 124 valence electrons. The van der Waals surface area contributed by atoms with Crippen molar-refractivity contribution < 1.29 is 9.59 Å². The topological polar surface area (TPSA) is 47.1 Å². The number of carbonyl (C=O) groups is 2. The van der Waals surface area contributed by atoms with Crippen LogP contribution >= 0.6 is 12.4 Å². The summed E-state index contributed by atoms with van der Waals surface area (Å²) >= 11 is 0. The van der Waals surface area contributed by atoms with Crippen LogP contribution in [0.25, 0.3) is 0 Å². The summed E-state index contributed by atoms with van der Waals surface area (Å²) < 4.78 is 0. The lowest BCUT2D eigenvalue weighted by Crippen LogP contribution is -2.40. The average molecular weight is 329 g/mol. The highest BCUT2D eigenvalue weighted by Gasteiger charge is 2.24. The molecule has 0 unspecified atom stereocenters. The van der Waals surface area contributed by atoms with Crippen LogP contribution in [0.15, 0.2) is 12.4 Å². The van der Waals surface area contributed by atoms with Gasteiger partial charge in [0.25, 0.3) is 0 Å². The molecular weight excluding hydrogens is 304 g/mol. The molecule has 0 aromatic carbocycles. The monoisotopic (exact) mass is 328 g/mol. The van der Waals surface area contributed by atoms with Gasteiger partial charge in [0, 0.05) is 38.6 Å². The maximum absolute atomic E-state index is 12.1. The number of amides is 2. The van der Waals surface area contributed by atoms with Crippen molar-refractivity contribution in [1.29, 1.82) is 0 Å². The quantitative estimate of drug-likeness (QED) is 0.762. The first-order valence-corrected chi connectivity index (χ1v) is 7.94. The first-order chi connectivity index (χ1) is 10.2. The van der Waals surface area contributed by atoms with Crippen LogP contribution in [0, 0.1) is 0 Å². The van der Waals surface area contributed by atoms with Crippen LogP contribution in [0.1, 0.15) is 25.7 Å². The minimum absolute atomic E-state index is 0. The summed E-state index contributed by atoms with van der Waals surface area (Å²) in [6, 6.07) is 0. The number of rotatable bonds is 4. The van der Waals surface area contributed by atoms with Gasteiger partial charge in [-0.25, -0.2) is 0 Å². The molecule has 2 saturated heterocycles. The normalized spacial score (nSPS) is 20.7. The first kappa shape index (κ1) is 16.9. The number of nitrogens with zero attached hydrogens (tertiary/aromatic N) is 4. The Morgan fingerprint density at radius 1 is 0.727 bits per heavy atom. The Bertz CT molecular complexity index is 393. The first-order valence-electron chi connectivity index (χ1n) is 7.94. The fourth-order valence-electron chi connectivity index (χ4n) is 3.20. The fourth-order valence-corrected chi connectivity index (χ4v) is 3.20. The molecule has 3 heterocycles. The number of hydrogen-bond acceptors (Lipinski definition) is 4. The Labute approximate surface area is 138 Å². The Morgan fingerprint density at radius 3 is 1.45 bits per heavy atom. The van der Waals surface area contributed by atoms with E-state index in [2.05, 4.69) is 0 Å². The third kappa shape index (κ3) is 4.06. The fraction of sp³-hybridized carbons (Fsp3) is 0.733. The van der Waals surface area contributed by atoms with E-state index >= 15 is 0 Å². The molecule has 0 aliphatic carbocycles. The van der Waals surface area contributed by atoms with Crippen LogP contribution in [-0.4, -0.2) is 77.4 Å². The van der Waals surface area contributed by atoms with E-state index in [-0.39, 0.29) is 24.2 Å². The molecular formula is C15H25ClN4O2. The second kappa shape index (κ2) is 7.72. The number of hydrogen-bond donors (Lipinski definition) is 0. The van der Waals surface area contributed by atoms with Gasteiger partial charge in [-0.2, -0.15) is 0 Å². The van der Waals surface area contributed by atoms with Gasteiger partial charge in [-0.05, 0) is 25.7 Å². The molecule has 7 heteroatoms. The van der Waals surface area contributed by atoms with E-state index in [0.29, 0.717) is 19.8 Å². The molecule has 6 nitrogen and oxygen atoms in total. The Morgan fingerprint density at radius 2 is 1.09 bits per heavy atom. The third-order valence-corrected chi connectivity index (χ3v) is 4.45. The van der Waals surface area contributed by atoms with Crippen molar-refractivity contribution in [3.63, 3.8) is 0 Å². The zero-order chi connectivity index (χ0) is 14.7. The van der Waals surface area contributed by atoms with Crippen LogP contribution < -0.4 is 0 Å². The van der Waals surface area contributed by atoms with Crippen LogP contribution in [0.2, 0.25) is 0 Å². The summed E-state index contributed by atoms with van der Waals surface area (Å²) in [5.41, 5.74) is 0. The summed E-state index contributed by atoms with van der Waals surface area (Å²) in [4.78, 5) is 32.0. The van der Waals surface area contributed by atoms with E-state index in [1.807, 2.05) is 32.0 Å². The van der Waals surface area contributed by atoms with Crippen molar-refractivity contribution in [1.82, 2.24) is 19.6 Å². The van der Waals surface area contributed by atoms with Gasteiger partial charge in [0.2, 0.25) is 11.8 Å². The minimum Gasteiger partial charge on any atom is -0.349 e. The Balaban J connectivity index is 0.00000176. The highest BCUT2D eigenvalue weighted by molar-refractivity contribution is 5.85. The molecule has 0 N–H and O–H groups in total. The summed E-state index contributed by atoms with van der Waals surface area (Å²) in [6.07, 6.45) is 8.34. The van der Waals surface area contributed by atoms with Crippen molar-refractivity contribution in [3.05, 3.63) is 12.4 Å². The molecule has 3 rings (SSSR count). The zero-order valence-electron chi connectivity index (χ0n) is 12.9. The molecule has 2 amide bonds. The van der Waals surface area contributed by atoms with Crippen LogP contribution in [-0.2, 0) is 9.59 Å². The van der Waals surface area contributed by atoms with Gasteiger partial charge in [0.1, 0.15) is 0 Å². The molecule has 3 aliphatic rings. The van der Waals surface area contributed by atoms with Crippen LogP contribution in [0.5, 0.6) is 0 Å². The molecule has 2 fully saturated rings. The number of carbonyl (C=O) groups excluding carboxylic acids is 2. The lowest BCUT2D eigenvalue weighted by Gasteiger charge is -2.24. The highest BCUT2D eigenvalue weighted by Crippen LogP contribution is 2.13. The SMILES string of the molecule is Cl.O=C(CN1C=CN(CC(=O)N2CCCC2)C1)N1CCCC1. The lowest BCUT2D eigenvalue weighted by atomic mass is 10.4. The molecule has 3 aliphatic heterocycles. The smallest absolute Gasteiger partial charge is 0.242 e. The largest absolute Gasteiger partial charge is 0.349 e. The Hall–Kier alpha value is -1.43. The van der Waals surface area contributed by atoms with Gasteiger partial charge >= 0.3 is 0 Å². The van der Waals surface area contributed by atoms with Crippen molar-refractivity contribution >= 4 is 24.2 Å². The maximum atomic E-state index is 12.1. The van der Waals surface area contributed by atoms with E-state index in [1.54, 1.807) is 0 Å². The van der Waals surface area contributed by atoms with Gasteiger partial charge in [0.05, 0.1) is 19.8 Å². The standard InChI is InChI=1S/C15H24N4O2.ClH/c20-14(18-5-1-2-6-18)11-16-9-10-17(13-16)12-15(21)19-7-3-4-8-19;/h9-10H,1-8,11-13H2;1H. The third-order valence-electron chi connectivity index (χ3n) is 4.45. The predicted octanol–water partition coefficient (Wildman–Crippen LogP) is 0.699. The number of halogens is 1. The maximum Gasteiger partial charge on any atom is 0.242 e. The Kier molecular flexibility index (Phi) is 5.94. The van der Waals surface area contributed by atoms with Gasteiger partial charge in [-0.15, -0.1) is 12.4 Å². The summed E-state index contributed by atoms with van der Waals surface area (Å²) in [6.45, 7) is 5.07. The van der Waals surface area contributed by atoms with E-state index < -0.39 is 0 Å². The van der Waals surface area contributed by atoms with E-state index in [0.717, 1.165) is 51.9 Å². The van der Waals surface area contributed by atoms with Gasteiger partial charge < -0.3 is 19.6 Å². The summed E-state index contributed by atoms with van der Waals surface area (Å²) in [5, 5.41) is 0. The zero-order valence-corrected chi connectivity index (χ0v) is 13.8. The van der Waals surface area contributed by atoms with Gasteiger partial charge in [0.15, 0.2) is 0 Å².